The molecule has 548 valence electrons. The van der Waals surface area contributed by atoms with Crippen LogP contribution in [0.4, 0.5) is 0 Å². The van der Waals surface area contributed by atoms with E-state index in [4.69, 9.17) is 43.4 Å². The summed E-state index contributed by atoms with van der Waals surface area (Å²) in [7, 11) is 0. The number of rotatable bonds is 25. The molecule has 0 aliphatic carbocycles. The Hall–Kier alpha value is -2.02. The zero-order valence-corrected chi connectivity index (χ0v) is 53.4. The second-order valence-corrected chi connectivity index (χ2v) is 26.3. The minimum atomic E-state index is -2.02. The zero-order valence-electron chi connectivity index (χ0n) is 53.4. The average Bonchev–Trinajstić information content (AvgIpc) is 0.849. The quantitative estimate of drug-likeness (QED) is 0.0404. The van der Waals surface area contributed by atoms with Crippen LogP contribution in [0.3, 0.4) is 0 Å². The van der Waals surface area contributed by atoms with Gasteiger partial charge in [0.2, 0.25) is 0 Å². The number of ketones is 2. The predicted molar refractivity (Wildman–Crippen MR) is 307 cm³/mol. The number of hydrogen-bond acceptors (Lipinski definition) is 36. The first-order valence-corrected chi connectivity index (χ1v) is 29.8. The van der Waals surface area contributed by atoms with E-state index in [2.05, 4.69) is 0 Å². The molecule has 4 aliphatic heterocycles. The lowest BCUT2D eigenvalue weighted by Gasteiger charge is -2.42. The highest BCUT2D eigenvalue weighted by Gasteiger charge is 2.51. The number of aliphatic hydroxyl groups excluding tert-OH is 27. The van der Waals surface area contributed by atoms with Crippen LogP contribution in [0, 0.1) is 16.2 Å². The first kappa shape index (κ1) is 88.0. The summed E-state index contributed by atoms with van der Waals surface area (Å²) in [5.41, 5.74) is -2.35. The lowest BCUT2D eigenvalue weighted by atomic mass is 9.84. The van der Waals surface area contributed by atoms with Gasteiger partial charge in [0.05, 0.1) is 58.0 Å². The van der Waals surface area contributed by atoms with Gasteiger partial charge in [0.1, 0.15) is 159 Å². The largest absolute Gasteiger partial charge is 0.394 e. The third-order valence-corrected chi connectivity index (χ3v) is 15.4. The van der Waals surface area contributed by atoms with E-state index in [9.17, 15) is 137 Å². The van der Waals surface area contributed by atoms with E-state index in [0.29, 0.717) is 0 Å². The molecule has 36 heteroatoms. The van der Waals surface area contributed by atoms with Gasteiger partial charge >= 0.3 is 0 Å². The van der Waals surface area contributed by atoms with Crippen LogP contribution < -0.4 is 0 Å². The molecule has 4 aliphatic rings. The molecule has 0 radical (unpaired) electrons. The first-order valence-electron chi connectivity index (χ1n) is 29.8. The molecule has 0 bridgehead atoms. The Balaban J connectivity index is 0.000000632. The smallest absolute Gasteiger partial charge is 0.187 e. The fourth-order valence-electron chi connectivity index (χ4n) is 9.48. The van der Waals surface area contributed by atoms with E-state index < -0.39 is 251 Å². The molecule has 0 aromatic rings. The molecule has 4 rings (SSSR count). The molecule has 27 N–H and O–H groups in total. The third-order valence-electron chi connectivity index (χ3n) is 15.4. The van der Waals surface area contributed by atoms with Crippen LogP contribution in [0.15, 0.2) is 0 Å². The molecular formula is C56H108O36. The molecule has 0 amide bonds. The van der Waals surface area contributed by atoms with Crippen LogP contribution in [0.25, 0.3) is 0 Å². The SMILES string of the molecule is CC(C)(C)C(=O)[C@H](O)[C@@H](O)[C@H](O)[C@@H](CO)OC1O[C@H](CO)[C@H](O)[C@H](O)[C@H]1O.CC(C)(C)CC(O)C(O)C(O[C@@H]1OC(CO)[C@@H](O)[C@H](O)C1O)C(O)CO.CC1OC(CO)[C@H](O)[C@H](O)C1O.CC[C@H]1OC(O[C@@H]([C@H](O)[C@@H](O)C(=O)C(C)(C)C)[C@H](O)CO)[C@H](O)[C@@H](O)[C@H]1O. The summed E-state index contributed by atoms with van der Waals surface area (Å²) >= 11 is 0. The first-order chi connectivity index (χ1) is 42.2. The number of carbonyl (C=O) groups excluding carboxylic acids is 2. The van der Waals surface area contributed by atoms with Crippen LogP contribution in [-0.2, 0) is 42.7 Å². The predicted octanol–water partition coefficient (Wildman–Crippen LogP) is -12.3. The average molecular weight is 1360 g/mol. The highest BCUT2D eigenvalue weighted by molar-refractivity contribution is 5.88. The van der Waals surface area contributed by atoms with Gasteiger partial charge in [-0.3, -0.25) is 9.59 Å². The van der Waals surface area contributed by atoms with E-state index in [1.54, 1.807) is 13.8 Å². The van der Waals surface area contributed by atoms with E-state index in [0.717, 1.165) is 0 Å². The lowest BCUT2D eigenvalue weighted by molar-refractivity contribution is -0.327. The molecule has 4 heterocycles. The van der Waals surface area contributed by atoms with Crippen molar-refractivity contribution < 1.29 is 181 Å². The van der Waals surface area contributed by atoms with Gasteiger partial charge in [0.25, 0.3) is 0 Å². The highest BCUT2D eigenvalue weighted by Crippen LogP contribution is 2.32. The van der Waals surface area contributed by atoms with Crippen LogP contribution in [-0.4, -0.2) is 385 Å². The maximum Gasteiger partial charge on any atom is 0.187 e. The summed E-state index contributed by atoms with van der Waals surface area (Å²) < 4.78 is 36.5. The Morgan fingerprint density at radius 1 is 0.380 bits per heavy atom. The van der Waals surface area contributed by atoms with Crippen LogP contribution >= 0.6 is 0 Å². The maximum atomic E-state index is 12.2. The Labute approximate surface area is 531 Å². The minimum absolute atomic E-state index is 0.154. The molecule has 0 saturated carbocycles. The van der Waals surface area contributed by atoms with Crippen molar-refractivity contribution in [2.45, 2.75) is 285 Å². The molecule has 0 aromatic carbocycles. The number of Topliss-reactive ketones (excluding diaryl/α,β-unsaturated/α-hetero) is 2. The van der Waals surface area contributed by atoms with Gasteiger partial charge < -0.3 is 171 Å². The van der Waals surface area contributed by atoms with Gasteiger partial charge in [-0.15, -0.1) is 0 Å². The van der Waals surface area contributed by atoms with Crippen molar-refractivity contribution in [1.29, 1.82) is 0 Å². The van der Waals surface area contributed by atoms with E-state index in [1.807, 2.05) is 20.8 Å². The standard InChI is InChI=1S/C17H32O10.C16H30O11.C16H32O10.C7H14O5/c1-5-8-9(20)10(21)13(24)16(26-8)27-14(7(19)6-18)11(22)12(23)15(25)17(2,3)4;1-16(2,3)14(25)12(23)10(21)8(19)6(4-17)26-15-13(24)11(22)9(20)7(5-18)27-15;1-16(2,3)4-7(19)10(21)14(8(20)5-17)26-15-13(24)12(23)11(22)9(6-18)25-15;1-3-5(9)7(11)6(10)4(2-8)12-3/h7-14,16,18-24H,5-6H2,1-4H3;6-13,15,17-24H,4-5H2,1-3H3;7-15,17-24H,4-6H2,1-3H3;3-11H,2H2,1H3/t7-,8-,9+,10+,11-,12-,13-,14-,16?;6-,7-,8-,9+,10+,11+,12-,13-,15?;7?,8?,9?,10?,11-,12+,13?,14?,15+;3?,4?,5?,6-,7+/m1110/s1. The fraction of sp³-hybridized carbons (Fsp3) is 0.964. The van der Waals surface area contributed by atoms with Crippen molar-refractivity contribution in [3.8, 4) is 0 Å². The van der Waals surface area contributed by atoms with Crippen molar-refractivity contribution in [3.63, 3.8) is 0 Å². The Morgan fingerprint density at radius 2 is 0.696 bits per heavy atom. The summed E-state index contributed by atoms with van der Waals surface area (Å²) in [6.45, 7) is 13.5. The third kappa shape index (κ3) is 24.5. The molecule has 36 nitrogen and oxygen atoms in total. The molecule has 11 unspecified atom stereocenters. The second kappa shape index (κ2) is 38.9. The van der Waals surface area contributed by atoms with Crippen LogP contribution in [0.5, 0.6) is 0 Å². The molecule has 4 saturated heterocycles. The van der Waals surface area contributed by atoms with Crippen molar-refractivity contribution >= 4 is 11.6 Å². The van der Waals surface area contributed by atoms with Gasteiger partial charge in [-0.2, -0.15) is 0 Å². The van der Waals surface area contributed by atoms with Crippen molar-refractivity contribution in [2.24, 2.45) is 16.2 Å². The zero-order chi connectivity index (χ0) is 71.7. The van der Waals surface area contributed by atoms with Gasteiger partial charge in [-0.05, 0) is 25.2 Å². The van der Waals surface area contributed by atoms with Crippen LogP contribution in [0.1, 0.15) is 89.0 Å². The van der Waals surface area contributed by atoms with E-state index in [1.165, 1.54) is 41.5 Å². The summed E-state index contributed by atoms with van der Waals surface area (Å²) in [4.78, 5) is 24.3. The fourth-order valence-corrected chi connectivity index (χ4v) is 9.48. The number of aliphatic hydroxyl groups is 27. The normalized spacial score (nSPS) is 36.2. The van der Waals surface area contributed by atoms with Crippen molar-refractivity contribution in [3.05, 3.63) is 0 Å². The Morgan fingerprint density at radius 3 is 1.02 bits per heavy atom. The minimum Gasteiger partial charge on any atom is -0.394 e. The van der Waals surface area contributed by atoms with Gasteiger partial charge in [0.15, 0.2) is 30.4 Å². The molecule has 32 atom stereocenters. The summed E-state index contributed by atoms with van der Waals surface area (Å²) in [6, 6.07) is 0. The number of carbonyl (C=O) groups is 2. The number of hydrogen-bond donors (Lipinski definition) is 27. The summed E-state index contributed by atoms with van der Waals surface area (Å²) in [6.07, 6.45) is -48.7. The molecule has 0 aromatic heterocycles. The van der Waals surface area contributed by atoms with Crippen molar-refractivity contribution in [1.82, 2.24) is 0 Å². The highest BCUT2D eigenvalue weighted by atomic mass is 16.7. The van der Waals surface area contributed by atoms with Gasteiger partial charge in [0, 0.05) is 10.8 Å². The second-order valence-electron chi connectivity index (χ2n) is 26.3. The Kier molecular flexibility index (Phi) is 37.3. The van der Waals surface area contributed by atoms with Crippen molar-refractivity contribution in [2.75, 3.05) is 39.6 Å². The molecule has 4 fully saturated rings. The topological polar surface area (TPSA) is 645 Å². The van der Waals surface area contributed by atoms with Gasteiger partial charge in [-0.25, -0.2) is 0 Å². The summed E-state index contributed by atoms with van der Waals surface area (Å²) in [5.74, 6) is -1.47. The molecule has 92 heavy (non-hydrogen) atoms. The van der Waals surface area contributed by atoms with Gasteiger partial charge in [-0.1, -0.05) is 69.2 Å². The van der Waals surface area contributed by atoms with E-state index in [-0.39, 0.29) is 24.9 Å². The lowest BCUT2D eigenvalue weighted by Crippen LogP contribution is -2.61. The van der Waals surface area contributed by atoms with E-state index >= 15 is 0 Å². The maximum absolute atomic E-state index is 12.2. The molecule has 0 spiro atoms. The molecular weight excluding hydrogens is 1250 g/mol. The monoisotopic (exact) mass is 1360 g/mol. The Bertz CT molecular complexity index is 2050. The number of ether oxygens (including phenoxy) is 7. The van der Waals surface area contributed by atoms with Crippen LogP contribution in [0.2, 0.25) is 0 Å². The summed E-state index contributed by atoms with van der Waals surface area (Å²) in [5, 5.41) is 263.